The Morgan fingerprint density at radius 3 is 2.65 bits per heavy atom. The predicted molar refractivity (Wildman–Crippen MR) is 110 cm³/mol. The van der Waals surface area contributed by atoms with Crippen LogP contribution in [0.4, 0.5) is 0 Å². The van der Waals surface area contributed by atoms with E-state index in [1.165, 1.54) is 25.7 Å². The Kier molecular flexibility index (Phi) is 12.3. The second kappa shape index (κ2) is 12.3. The van der Waals surface area contributed by atoms with Gasteiger partial charge in [-0.1, -0.05) is 19.8 Å². The number of nitrogens with zero attached hydrogens (tertiary/aromatic N) is 2. The van der Waals surface area contributed by atoms with Crippen molar-refractivity contribution in [2.45, 2.75) is 51.5 Å². The van der Waals surface area contributed by atoms with Gasteiger partial charge in [0.1, 0.15) is 0 Å². The molecule has 5 nitrogen and oxygen atoms in total. The Morgan fingerprint density at radius 1 is 1.35 bits per heavy atom. The third kappa shape index (κ3) is 8.03. The summed E-state index contributed by atoms with van der Waals surface area (Å²) >= 11 is 0. The number of guanidine groups is 1. The molecule has 2 N–H and O–H groups in total. The molecule has 0 bridgehead atoms. The minimum absolute atomic E-state index is 0. The zero-order chi connectivity index (χ0) is 16.4. The lowest BCUT2D eigenvalue weighted by Gasteiger charge is -2.45. The molecule has 0 aromatic rings. The number of hydrogen-bond acceptors (Lipinski definition) is 3. The number of rotatable bonds is 8. The summed E-state index contributed by atoms with van der Waals surface area (Å²) in [6.07, 6.45) is 6.21. The van der Waals surface area contributed by atoms with E-state index < -0.39 is 0 Å². The van der Waals surface area contributed by atoms with Crippen molar-refractivity contribution in [1.82, 2.24) is 15.5 Å². The summed E-state index contributed by atoms with van der Waals surface area (Å²) < 4.78 is 5.36. The van der Waals surface area contributed by atoms with Crippen molar-refractivity contribution in [1.29, 1.82) is 0 Å². The molecule has 0 spiro atoms. The van der Waals surface area contributed by atoms with Crippen molar-refractivity contribution in [2.24, 2.45) is 10.9 Å². The van der Waals surface area contributed by atoms with E-state index in [9.17, 15) is 0 Å². The van der Waals surface area contributed by atoms with Gasteiger partial charge in [0.2, 0.25) is 0 Å². The van der Waals surface area contributed by atoms with Gasteiger partial charge >= 0.3 is 0 Å². The fraction of sp³-hybridized carbons (Fsp3) is 0.941. The number of hydrogen-bond donors (Lipinski definition) is 2. The third-order valence-electron chi connectivity index (χ3n) is 4.79. The lowest BCUT2D eigenvalue weighted by Crippen LogP contribution is -2.56. The van der Waals surface area contributed by atoms with Gasteiger partial charge in [-0.2, -0.15) is 0 Å². The van der Waals surface area contributed by atoms with Crippen LogP contribution in [0, 0.1) is 5.92 Å². The lowest BCUT2D eigenvalue weighted by atomic mass is 9.75. The summed E-state index contributed by atoms with van der Waals surface area (Å²) in [7, 11) is 6.25. The van der Waals surface area contributed by atoms with Crippen LogP contribution in [0.3, 0.4) is 0 Å². The Labute approximate surface area is 160 Å². The second-order valence-corrected chi connectivity index (χ2v) is 6.72. The van der Waals surface area contributed by atoms with Gasteiger partial charge in [-0.25, -0.2) is 0 Å². The Hall–Kier alpha value is -0.0800. The standard InChI is InChI=1S/C17H36N4O.HI/c1-6-22-12-8-11-19-16(18-3)20-14-17(21(4)5)10-7-9-15(2)13-17;/h15H,6-14H2,1-5H3,(H2,18,19,20);1H. The Bertz CT molecular complexity index is 339. The molecule has 138 valence electrons. The van der Waals surface area contributed by atoms with Crippen molar-refractivity contribution in [3.8, 4) is 0 Å². The van der Waals surface area contributed by atoms with Gasteiger partial charge in [0.05, 0.1) is 0 Å². The molecule has 2 atom stereocenters. The van der Waals surface area contributed by atoms with E-state index in [2.05, 4.69) is 41.5 Å². The van der Waals surface area contributed by atoms with E-state index >= 15 is 0 Å². The average molecular weight is 440 g/mol. The molecule has 1 aliphatic rings. The maximum Gasteiger partial charge on any atom is 0.191 e. The number of aliphatic imine (C=N–C) groups is 1. The SMILES string of the molecule is CCOCCCNC(=NC)NCC1(N(C)C)CCCC(C)C1.I. The first-order chi connectivity index (χ1) is 10.5. The van der Waals surface area contributed by atoms with Crippen molar-refractivity contribution < 1.29 is 4.74 Å². The number of likely N-dealkylation sites (N-methyl/N-ethyl adjacent to an activating group) is 1. The minimum Gasteiger partial charge on any atom is -0.382 e. The molecular weight excluding hydrogens is 403 g/mol. The second-order valence-electron chi connectivity index (χ2n) is 6.72. The maximum absolute atomic E-state index is 5.36. The summed E-state index contributed by atoms with van der Waals surface area (Å²) in [5.74, 6) is 1.70. The molecule has 0 radical (unpaired) electrons. The molecule has 0 heterocycles. The van der Waals surface area contributed by atoms with Crippen molar-refractivity contribution in [3.05, 3.63) is 0 Å². The summed E-state index contributed by atoms with van der Waals surface area (Å²) in [6, 6.07) is 0. The lowest BCUT2D eigenvalue weighted by molar-refractivity contribution is 0.0795. The van der Waals surface area contributed by atoms with E-state index in [0.29, 0.717) is 0 Å². The molecular formula is C17H37IN4O. The molecule has 0 aromatic carbocycles. The Morgan fingerprint density at radius 2 is 2.09 bits per heavy atom. The van der Waals surface area contributed by atoms with E-state index in [0.717, 1.165) is 44.6 Å². The van der Waals surface area contributed by atoms with Gasteiger partial charge in [-0.15, -0.1) is 24.0 Å². The molecule has 6 heteroatoms. The van der Waals surface area contributed by atoms with Crippen molar-refractivity contribution in [3.63, 3.8) is 0 Å². The molecule has 0 saturated heterocycles. The van der Waals surface area contributed by atoms with Gasteiger partial charge in [0.25, 0.3) is 0 Å². The molecule has 0 aromatic heterocycles. The normalized spacial score (nSPS) is 25.1. The van der Waals surface area contributed by atoms with Crippen molar-refractivity contribution >= 4 is 29.9 Å². The highest BCUT2D eigenvalue weighted by Gasteiger charge is 2.36. The Balaban J connectivity index is 0.00000484. The first kappa shape index (κ1) is 22.9. The largest absolute Gasteiger partial charge is 0.382 e. The first-order valence-corrected chi connectivity index (χ1v) is 8.73. The van der Waals surface area contributed by atoms with Gasteiger partial charge in [-0.05, 0) is 46.2 Å². The summed E-state index contributed by atoms with van der Waals surface area (Å²) in [4.78, 5) is 6.74. The van der Waals surface area contributed by atoms with E-state index in [-0.39, 0.29) is 29.5 Å². The smallest absolute Gasteiger partial charge is 0.191 e. The summed E-state index contributed by atoms with van der Waals surface area (Å²) in [5.41, 5.74) is 0.251. The van der Waals surface area contributed by atoms with E-state index in [4.69, 9.17) is 4.74 Å². The fourth-order valence-electron chi connectivity index (χ4n) is 3.35. The van der Waals surface area contributed by atoms with Crippen LogP contribution < -0.4 is 10.6 Å². The first-order valence-electron chi connectivity index (χ1n) is 8.73. The molecule has 1 rings (SSSR count). The number of halogens is 1. The van der Waals surface area contributed by atoms with Crippen LogP contribution in [0.2, 0.25) is 0 Å². The van der Waals surface area contributed by atoms with Crippen LogP contribution >= 0.6 is 24.0 Å². The van der Waals surface area contributed by atoms with E-state index in [1.807, 2.05) is 14.0 Å². The summed E-state index contributed by atoms with van der Waals surface area (Å²) in [6.45, 7) is 7.84. The zero-order valence-electron chi connectivity index (χ0n) is 15.7. The van der Waals surface area contributed by atoms with Crippen LogP contribution in [0.5, 0.6) is 0 Å². The predicted octanol–water partition coefficient (Wildman–Crippen LogP) is 2.71. The highest BCUT2D eigenvalue weighted by molar-refractivity contribution is 14.0. The molecule has 0 aliphatic heterocycles. The average Bonchev–Trinajstić information content (AvgIpc) is 2.50. The maximum atomic E-state index is 5.36. The molecule has 1 fully saturated rings. The quantitative estimate of drug-likeness (QED) is 0.264. The molecule has 1 aliphatic carbocycles. The highest BCUT2D eigenvalue weighted by Crippen LogP contribution is 2.35. The third-order valence-corrected chi connectivity index (χ3v) is 4.79. The topological polar surface area (TPSA) is 48.9 Å². The summed E-state index contributed by atoms with van der Waals surface area (Å²) in [5, 5.41) is 6.90. The van der Waals surface area contributed by atoms with Crippen LogP contribution in [-0.2, 0) is 4.74 Å². The fourth-order valence-corrected chi connectivity index (χ4v) is 3.35. The van der Waals surface area contributed by atoms with E-state index in [1.54, 1.807) is 0 Å². The molecule has 1 saturated carbocycles. The van der Waals surface area contributed by atoms with Crippen LogP contribution in [0.25, 0.3) is 0 Å². The molecule has 0 amide bonds. The van der Waals surface area contributed by atoms with Crippen LogP contribution in [-0.4, -0.2) is 63.8 Å². The zero-order valence-corrected chi connectivity index (χ0v) is 18.0. The highest BCUT2D eigenvalue weighted by atomic mass is 127. The van der Waals surface area contributed by atoms with Crippen LogP contribution in [0.15, 0.2) is 4.99 Å². The minimum atomic E-state index is 0. The number of nitrogens with one attached hydrogen (secondary N) is 2. The van der Waals surface area contributed by atoms with Gasteiger partial charge < -0.3 is 20.3 Å². The molecule has 23 heavy (non-hydrogen) atoms. The number of ether oxygens (including phenoxy) is 1. The van der Waals surface area contributed by atoms with Gasteiger partial charge in [0.15, 0.2) is 5.96 Å². The monoisotopic (exact) mass is 440 g/mol. The van der Waals surface area contributed by atoms with Gasteiger partial charge in [-0.3, -0.25) is 4.99 Å². The molecule has 2 unspecified atom stereocenters. The van der Waals surface area contributed by atoms with Crippen molar-refractivity contribution in [2.75, 3.05) is 47.4 Å². The van der Waals surface area contributed by atoms with Crippen LogP contribution in [0.1, 0.15) is 46.0 Å². The van der Waals surface area contributed by atoms with Gasteiger partial charge in [0, 0.05) is 38.9 Å².